The number of carbonyl (C=O) groups excluding carboxylic acids is 1. The average molecular weight is 363 g/mol. The molecule has 3 N–H and O–H groups in total. The van der Waals surface area contributed by atoms with Crippen molar-refractivity contribution in [2.75, 3.05) is 5.73 Å². The van der Waals surface area contributed by atoms with E-state index in [0.717, 1.165) is 26.8 Å². The van der Waals surface area contributed by atoms with E-state index in [9.17, 15) is 4.79 Å². The molecule has 4 aromatic rings. The van der Waals surface area contributed by atoms with Crippen molar-refractivity contribution in [1.82, 2.24) is 10.5 Å². The summed E-state index contributed by atoms with van der Waals surface area (Å²) in [5.74, 6) is -0.261. The number of benzene rings is 2. The zero-order valence-corrected chi connectivity index (χ0v) is 15.0. The number of amides is 1. The van der Waals surface area contributed by atoms with E-state index in [-0.39, 0.29) is 17.4 Å². The number of fused-ring (bicyclic) bond motifs is 1. The first-order valence-corrected chi connectivity index (χ1v) is 9.07. The van der Waals surface area contributed by atoms with Crippen LogP contribution in [0.4, 0.5) is 5.88 Å². The summed E-state index contributed by atoms with van der Waals surface area (Å²) < 4.78 is 5.09. The SMILES string of the molecule is Cc1ccsc1-c1noc(N)c1C(=O)NCc1cccc2ccccc12. The fraction of sp³-hybridized carbons (Fsp3) is 0.100. The van der Waals surface area contributed by atoms with E-state index in [1.165, 1.54) is 11.3 Å². The van der Waals surface area contributed by atoms with Gasteiger partial charge in [0, 0.05) is 6.54 Å². The maximum atomic E-state index is 12.8. The molecule has 130 valence electrons. The summed E-state index contributed by atoms with van der Waals surface area (Å²) in [6, 6.07) is 16.1. The Morgan fingerprint density at radius 3 is 2.81 bits per heavy atom. The third-order valence-corrected chi connectivity index (χ3v) is 5.37. The molecule has 6 heteroatoms. The number of nitrogen functional groups attached to an aromatic ring is 1. The molecule has 0 spiro atoms. The largest absolute Gasteiger partial charge is 0.367 e. The Labute approximate surface area is 154 Å². The Balaban J connectivity index is 1.62. The van der Waals surface area contributed by atoms with E-state index in [1.54, 1.807) is 0 Å². The molecule has 0 fully saturated rings. The predicted molar refractivity (Wildman–Crippen MR) is 104 cm³/mol. The minimum absolute atomic E-state index is 0.0308. The number of nitrogens with one attached hydrogen (secondary N) is 1. The molecule has 0 aliphatic rings. The van der Waals surface area contributed by atoms with Crippen molar-refractivity contribution < 1.29 is 9.32 Å². The third-order valence-electron chi connectivity index (χ3n) is 4.34. The maximum absolute atomic E-state index is 12.8. The Morgan fingerprint density at radius 1 is 1.19 bits per heavy atom. The average Bonchev–Trinajstić information content (AvgIpc) is 3.24. The summed E-state index contributed by atoms with van der Waals surface area (Å²) in [5, 5.41) is 11.1. The van der Waals surface area contributed by atoms with Crippen molar-refractivity contribution in [3.05, 3.63) is 70.6 Å². The summed E-state index contributed by atoms with van der Waals surface area (Å²) in [4.78, 5) is 13.7. The number of aromatic nitrogens is 1. The number of hydrogen-bond donors (Lipinski definition) is 2. The van der Waals surface area contributed by atoms with Gasteiger partial charge in [-0.1, -0.05) is 47.6 Å². The van der Waals surface area contributed by atoms with Gasteiger partial charge in [-0.05, 0) is 40.3 Å². The number of nitrogens with two attached hydrogens (primary N) is 1. The maximum Gasteiger partial charge on any atom is 0.259 e. The summed E-state index contributed by atoms with van der Waals surface area (Å²) in [6.07, 6.45) is 0. The molecule has 26 heavy (non-hydrogen) atoms. The summed E-state index contributed by atoms with van der Waals surface area (Å²) in [7, 11) is 0. The van der Waals surface area contributed by atoms with Gasteiger partial charge in [-0.15, -0.1) is 11.3 Å². The molecule has 0 unspecified atom stereocenters. The zero-order chi connectivity index (χ0) is 18.1. The van der Waals surface area contributed by atoms with Gasteiger partial charge in [0.1, 0.15) is 11.3 Å². The van der Waals surface area contributed by atoms with E-state index >= 15 is 0 Å². The summed E-state index contributed by atoms with van der Waals surface area (Å²) in [6.45, 7) is 2.36. The first kappa shape index (κ1) is 16.4. The number of anilines is 1. The number of rotatable bonds is 4. The number of thiophene rings is 1. The fourth-order valence-electron chi connectivity index (χ4n) is 3.00. The molecule has 0 aliphatic heterocycles. The number of aryl methyl sites for hydroxylation is 1. The van der Waals surface area contributed by atoms with Gasteiger partial charge >= 0.3 is 0 Å². The fourth-order valence-corrected chi connectivity index (χ4v) is 3.92. The molecule has 0 atom stereocenters. The second kappa shape index (κ2) is 6.65. The molecule has 1 amide bonds. The lowest BCUT2D eigenvalue weighted by Gasteiger charge is -2.08. The van der Waals surface area contributed by atoms with Crippen LogP contribution in [0.25, 0.3) is 21.3 Å². The highest BCUT2D eigenvalue weighted by Gasteiger charge is 2.24. The molecule has 0 bridgehead atoms. The number of carbonyl (C=O) groups is 1. The van der Waals surface area contributed by atoms with Crippen molar-refractivity contribution in [2.45, 2.75) is 13.5 Å². The normalized spacial score (nSPS) is 11.0. The molecule has 0 aliphatic carbocycles. The van der Waals surface area contributed by atoms with Crippen molar-refractivity contribution in [2.24, 2.45) is 0 Å². The highest BCUT2D eigenvalue weighted by Crippen LogP contribution is 2.33. The molecular weight excluding hydrogens is 346 g/mol. The van der Waals surface area contributed by atoms with Gasteiger partial charge in [-0.3, -0.25) is 4.79 Å². The quantitative estimate of drug-likeness (QED) is 0.564. The van der Waals surface area contributed by atoms with E-state index in [0.29, 0.717) is 12.2 Å². The van der Waals surface area contributed by atoms with E-state index in [2.05, 4.69) is 22.6 Å². The molecule has 2 aromatic carbocycles. The molecule has 2 aromatic heterocycles. The van der Waals surface area contributed by atoms with E-state index in [1.807, 2.05) is 48.7 Å². The Bertz CT molecular complexity index is 1090. The van der Waals surface area contributed by atoms with Crippen LogP contribution in [0, 0.1) is 6.92 Å². The van der Waals surface area contributed by atoms with E-state index < -0.39 is 0 Å². The highest BCUT2D eigenvalue weighted by molar-refractivity contribution is 7.13. The van der Waals surface area contributed by atoms with Crippen molar-refractivity contribution in [3.8, 4) is 10.6 Å². The van der Waals surface area contributed by atoms with Gasteiger partial charge in [0.2, 0.25) is 5.88 Å². The molecule has 0 radical (unpaired) electrons. The first-order valence-electron chi connectivity index (χ1n) is 8.19. The van der Waals surface area contributed by atoms with Gasteiger partial charge in [-0.25, -0.2) is 0 Å². The zero-order valence-electron chi connectivity index (χ0n) is 14.2. The van der Waals surface area contributed by atoms with Gasteiger partial charge in [-0.2, -0.15) is 0 Å². The highest BCUT2D eigenvalue weighted by atomic mass is 32.1. The predicted octanol–water partition coefficient (Wildman–Crippen LogP) is 4.38. The van der Waals surface area contributed by atoms with Crippen LogP contribution in [0.15, 0.2) is 58.4 Å². The lowest BCUT2D eigenvalue weighted by atomic mass is 10.0. The number of hydrogen-bond acceptors (Lipinski definition) is 5. The molecular formula is C20H17N3O2S. The van der Waals surface area contributed by atoms with Gasteiger partial charge < -0.3 is 15.6 Å². The summed E-state index contributed by atoms with van der Waals surface area (Å²) >= 11 is 1.51. The Hall–Kier alpha value is -3.12. The lowest BCUT2D eigenvalue weighted by molar-refractivity contribution is 0.0952. The third kappa shape index (κ3) is 2.84. The Morgan fingerprint density at radius 2 is 2.00 bits per heavy atom. The van der Waals surface area contributed by atoms with Crippen LogP contribution in [-0.2, 0) is 6.54 Å². The van der Waals surface area contributed by atoms with Crippen LogP contribution in [0.1, 0.15) is 21.5 Å². The lowest BCUT2D eigenvalue weighted by Crippen LogP contribution is -2.24. The smallest absolute Gasteiger partial charge is 0.259 e. The minimum atomic E-state index is -0.292. The van der Waals surface area contributed by atoms with E-state index in [4.69, 9.17) is 10.3 Å². The molecule has 4 rings (SSSR count). The molecule has 5 nitrogen and oxygen atoms in total. The van der Waals surface area contributed by atoms with Crippen molar-refractivity contribution in [3.63, 3.8) is 0 Å². The van der Waals surface area contributed by atoms with Crippen molar-refractivity contribution in [1.29, 1.82) is 0 Å². The molecule has 0 saturated heterocycles. The van der Waals surface area contributed by atoms with Crippen molar-refractivity contribution >= 4 is 33.9 Å². The van der Waals surface area contributed by atoms with Crippen LogP contribution < -0.4 is 11.1 Å². The van der Waals surface area contributed by atoms with Crippen LogP contribution >= 0.6 is 11.3 Å². The van der Waals surface area contributed by atoms with Gasteiger partial charge in [0.05, 0.1) is 4.88 Å². The topological polar surface area (TPSA) is 81.2 Å². The van der Waals surface area contributed by atoms with Gasteiger partial charge in [0.25, 0.3) is 5.91 Å². The van der Waals surface area contributed by atoms with Crippen LogP contribution in [-0.4, -0.2) is 11.1 Å². The minimum Gasteiger partial charge on any atom is -0.367 e. The second-order valence-electron chi connectivity index (χ2n) is 6.02. The van der Waals surface area contributed by atoms with Crippen LogP contribution in [0.5, 0.6) is 0 Å². The first-order chi connectivity index (χ1) is 12.6. The molecule has 0 saturated carbocycles. The monoisotopic (exact) mass is 363 g/mol. The standard InChI is InChI=1S/C20H17N3O2S/c1-12-9-10-26-18(12)17-16(19(21)25-23-17)20(24)22-11-14-7-4-6-13-5-2-3-8-15(13)14/h2-10H,11,21H2,1H3,(H,22,24). The van der Waals surface area contributed by atoms with Gasteiger partial charge in [0.15, 0.2) is 0 Å². The second-order valence-corrected chi connectivity index (χ2v) is 6.94. The Kier molecular flexibility index (Phi) is 4.18. The van der Waals surface area contributed by atoms with Crippen LogP contribution in [0.2, 0.25) is 0 Å². The summed E-state index contributed by atoms with van der Waals surface area (Å²) in [5.41, 5.74) is 8.73. The molecule has 2 heterocycles. The van der Waals surface area contributed by atoms with Crippen LogP contribution in [0.3, 0.4) is 0 Å². The number of nitrogens with zero attached hydrogens (tertiary/aromatic N) is 1.